The molecule has 0 amide bonds. The lowest BCUT2D eigenvalue weighted by atomic mass is 10.1. The third-order valence-electron chi connectivity index (χ3n) is 2.21. The highest BCUT2D eigenvalue weighted by atomic mass is 16.6. The second-order valence-electron chi connectivity index (χ2n) is 3.06. The van der Waals surface area contributed by atoms with Crippen LogP contribution in [0.15, 0.2) is 30.5 Å². The van der Waals surface area contributed by atoms with Crippen LogP contribution in [0.4, 0.5) is 5.69 Å². The Balaban J connectivity index is 2.82. The fourth-order valence-electron chi connectivity index (χ4n) is 1.50. The molecule has 0 aliphatic heterocycles. The van der Waals surface area contributed by atoms with Crippen molar-refractivity contribution in [3.63, 3.8) is 0 Å². The van der Waals surface area contributed by atoms with Gasteiger partial charge in [0.05, 0.1) is 11.5 Å². The van der Waals surface area contributed by atoms with Crippen LogP contribution in [0.5, 0.6) is 0 Å². The molecule has 0 unspecified atom stereocenters. The van der Waals surface area contributed by atoms with Crippen molar-refractivity contribution in [2.75, 3.05) is 0 Å². The molecule has 0 saturated heterocycles. The summed E-state index contributed by atoms with van der Waals surface area (Å²) in [7, 11) is 0. The zero-order valence-corrected chi connectivity index (χ0v) is 7.75. The van der Waals surface area contributed by atoms with Crippen LogP contribution in [0.3, 0.4) is 0 Å². The second kappa shape index (κ2) is 3.62. The van der Waals surface area contributed by atoms with E-state index in [0.29, 0.717) is 16.5 Å². The predicted octanol–water partition coefficient (Wildman–Crippen LogP) is 1.64. The maximum absolute atomic E-state index is 10.7. The number of rotatable bonds is 2. The molecule has 0 aliphatic carbocycles. The highest BCUT2D eigenvalue weighted by Crippen LogP contribution is 2.25. The first-order valence-electron chi connectivity index (χ1n) is 4.36. The largest absolute Gasteiger partial charge is 0.392 e. The Morgan fingerprint density at radius 3 is 2.87 bits per heavy atom. The van der Waals surface area contributed by atoms with Gasteiger partial charge in [0.1, 0.15) is 5.52 Å². The van der Waals surface area contributed by atoms with Crippen molar-refractivity contribution < 1.29 is 10.0 Å². The first kappa shape index (κ1) is 9.54. The molecule has 0 fully saturated rings. The van der Waals surface area contributed by atoms with Crippen LogP contribution in [-0.4, -0.2) is 15.0 Å². The molecule has 5 heteroatoms. The van der Waals surface area contributed by atoms with Gasteiger partial charge >= 0.3 is 0 Å². The van der Waals surface area contributed by atoms with E-state index < -0.39 is 4.92 Å². The lowest BCUT2D eigenvalue weighted by Gasteiger charge is -2.02. The molecule has 76 valence electrons. The van der Waals surface area contributed by atoms with Gasteiger partial charge in [-0.05, 0) is 11.6 Å². The molecular weight excluding hydrogens is 196 g/mol. The first-order chi connectivity index (χ1) is 7.24. The fraction of sp³-hybridized carbons (Fsp3) is 0.100. The average Bonchev–Trinajstić information content (AvgIpc) is 2.27. The van der Waals surface area contributed by atoms with Gasteiger partial charge in [-0.1, -0.05) is 12.1 Å². The van der Waals surface area contributed by atoms with E-state index in [0.717, 1.165) is 0 Å². The Morgan fingerprint density at radius 1 is 1.40 bits per heavy atom. The van der Waals surface area contributed by atoms with Crippen molar-refractivity contribution in [2.24, 2.45) is 0 Å². The van der Waals surface area contributed by atoms with Gasteiger partial charge in [-0.25, -0.2) is 4.98 Å². The Hall–Kier alpha value is -2.01. The summed E-state index contributed by atoms with van der Waals surface area (Å²) in [6.45, 7) is -0.153. The Kier molecular flexibility index (Phi) is 2.31. The van der Waals surface area contributed by atoms with E-state index in [1.54, 1.807) is 18.2 Å². The molecule has 5 nitrogen and oxygen atoms in total. The third-order valence-corrected chi connectivity index (χ3v) is 2.21. The van der Waals surface area contributed by atoms with Crippen LogP contribution in [0, 0.1) is 10.1 Å². The first-order valence-corrected chi connectivity index (χ1v) is 4.36. The van der Waals surface area contributed by atoms with Crippen LogP contribution in [0.1, 0.15) is 5.56 Å². The van der Waals surface area contributed by atoms with E-state index >= 15 is 0 Å². The molecule has 0 atom stereocenters. The number of non-ortho nitro benzene ring substituents is 1. The van der Waals surface area contributed by atoms with Gasteiger partial charge in [-0.3, -0.25) is 10.1 Å². The van der Waals surface area contributed by atoms with Crippen molar-refractivity contribution in [1.29, 1.82) is 0 Å². The van der Waals surface area contributed by atoms with Gasteiger partial charge < -0.3 is 5.11 Å². The number of para-hydroxylation sites is 1. The van der Waals surface area contributed by atoms with E-state index in [1.165, 1.54) is 12.3 Å². The summed E-state index contributed by atoms with van der Waals surface area (Å²) in [4.78, 5) is 14.2. The van der Waals surface area contributed by atoms with Crippen molar-refractivity contribution in [2.45, 2.75) is 6.61 Å². The summed E-state index contributed by atoms with van der Waals surface area (Å²) < 4.78 is 0. The molecule has 1 aromatic carbocycles. The van der Waals surface area contributed by atoms with Gasteiger partial charge in [-0.2, -0.15) is 0 Å². The number of hydrogen-bond acceptors (Lipinski definition) is 4. The van der Waals surface area contributed by atoms with Crippen molar-refractivity contribution in [3.05, 3.63) is 46.1 Å². The normalized spacial score (nSPS) is 10.5. The van der Waals surface area contributed by atoms with Crippen LogP contribution in [0.2, 0.25) is 0 Å². The summed E-state index contributed by atoms with van der Waals surface area (Å²) in [5, 5.41) is 20.4. The van der Waals surface area contributed by atoms with Crippen LogP contribution >= 0.6 is 0 Å². The van der Waals surface area contributed by atoms with E-state index in [4.69, 9.17) is 5.11 Å². The molecule has 1 aromatic heterocycles. The summed E-state index contributed by atoms with van der Waals surface area (Å²) in [6, 6.07) is 6.34. The zero-order valence-electron chi connectivity index (χ0n) is 7.75. The van der Waals surface area contributed by atoms with Gasteiger partial charge in [-0.15, -0.1) is 0 Å². The standard InChI is InChI=1S/C10H8N2O3/c13-6-7-4-5-11-10-8(7)2-1-3-9(10)12(14)15/h1-5,13H,6H2. The number of benzene rings is 1. The molecular formula is C10H8N2O3. The molecule has 0 spiro atoms. The molecule has 0 radical (unpaired) electrons. The monoisotopic (exact) mass is 204 g/mol. The highest BCUT2D eigenvalue weighted by molar-refractivity contribution is 5.89. The van der Waals surface area contributed by atoms with Gasteiger partial charge in [0.25, 0.3) is 5.69 Å². The zero-order chi connectivity index (χ0) is 10.8. The molecule has 2 aromatic rings. The molecule has 1 heterocycles. The number of pyridine rings is 1. The summed E-state index contributed by atoms with van der Waals surface area (Å²) in [5.74, 6) is 0. The number of nitrogens with zero attached hydrogens (tertiary/aromatic N) is 2. The number of aromatic nitrogens is 1. The van der Waals surface area contributed by atoms with Gasteiger partial charge in [0.2, 0.25) is 0 Å². The van der Waals surface area contributed by atoms with Gasteiger partial charge in [0.15, 0.2) is 0 Å². The van der Waals surface area contributed by atoms with E-state index in [9.17, 15) is 10.1 Å². The summed E-state index contributed by atoms with van der Waals surface area (Å²) in [5.41, 5.74) is 0.917. The topological polar surface area (TPSA) is 76.3 Å². The van der Waals surface area contributed by atoms with E-state index in [-0.39, 0.29) is 12.3 Å². The van der Waals surface area contributed by atoms with E-state index in [2.05, 4.69) is 4.98 Å². The van der Waals surface area contributed by atoms with Crippen LogP contribution in [0.25, 0.3) is 10.9 Å². The molecule has 0 saturated carbocycles. The number of nitro groups is 1. The second-order valence-corrected chi connectivity index (χ2v) is 3.06. The van der Waals surface area contributed by atoms with Crippen molar-refractivity contribution in [1.82, 2.24) is 4.98 Å². The minimum Gasteiger partial charge on any atom is -0.392 e. The molecule has 15 heavy (non-hydrogen) atoms. The minimum absolute atomic E-state index is 0.0391. The number of hydrogen-bond donors (Lipinski definition) is 1. The molecule has 0 bridgehead atoms. The number of fused-ring (bicyclic) bond motifs is 1. The molecule has 2 rings (SSSR count). The smallest absolute Gasteiger partial charge is 0.295 e. The Bertz CT molecular complexity index is 525. The van der Waals surface area contributed by atoms with E-state index in [1.807, 2.05) is 0 Å². The summed E-state index contributed by atoms with van der Waals surface area (Å²) >= 11 is 0. The Morgan fingerprint density at radius 2 is 2.20 bits per heavy atom. The van der Waals surface area contributed by atoms with Crippen molar-refractivity contribution in [3.8, 4) is 0 Å². The number of nitro benzene ring substituents is 1. The lowest BCUT2D eigenvalue weighted by Crippen LogP contribution is -1.94. The SMILES string of the molecule is O=[N+]([O-])c1cccc2c(CO)ccnc12. The highest BCUT2D eigenvalue weighted by Gasteiger charge is 2.13. The van der Waals surface area contributed by atoms with Crippen LogP contribution in [-0.2, 0) is 6.61 Å². The van der Waals surface area contributed by atoms with Crippen molar-refractivity contribution >= 4 is 16.6 Å². The minimum atomic E-state index is -0.476. The molecule has 0 aliphatic rings. The maximum Gasteiger partial charge on any atom is 0.295 e. The Labute approximate surface area is 85.1 Å². The van der Waals surface area contributed by atoms with Gasteiger partial charge in [0, 0.05) is 17.6 Å². The summed E-state index contributed by atoms with van der Waals surface area (Å²) in [6.07, 6.45) is 1.46. The molecule has 1 N–H and O–H groups in total. The van der Waals surface area contributed by atoms with Crippen LogP contribution < -0.4 is 0 Å². The maximum atomic E-state index is 10.7. The fourth-order valence-corrected chi connectivity index (χ4v) is 1.50. The predicted molar refractivity (Wildman–Crippen MR) is 54.3 cm³/mol. The quantitative estimate of drug-likeness (QED) is 0.595. The lowest BCUT2D eigenvalue weighted by molar-refractivity contribution is -0.383. The number of aliphatic hydroxyl groups is 1. The average molecular weight is 204 g/mol. The number of aliphatic hydroxyl groups excluding tert-OH is 1. The third kappa shape index (κ3) is 1.53.